The largest absolute Gasteiger partial charge is 0.489 e. The summed E-state index contributed by atoms with van der Waals surface area (Å²) >= 11 is 0. The number of nitrogens with two attached hydrogens (primary N) is 1. The molecule has 1 atom stereocenters. The third-order valence-corrected chi connectivity index (χ3v) is 4.08. The van der Waals surface area contributed by atoms with Crippen LogP contribution in [0.15, 0.2) is 48.5 Å². The monoisotopic (exact) mass is 339 g/mol. The Morgan fingerprint density at radius 3 is 2.60 bits per heavy atom. The van der Waals surface area contributed by atoms with E-state index in [1.54, 1.807) is 0 Å². The van der Waals surface area contributed by atoms with Gasteiger partial charge in [0.25, 0.3) is 0 Å². The van der Waals surface area contributed by atoms with Gasteiger partial charge in [0.1, 0.15) is 18.4 Å². The molecule has 4 N–H and O–H groups in total. The van der Waals surface area contributed by atoms with Crippen molar-refractivity contribution in [1.29, 1.82) is 0 Å². The van der Waals surface area contributed by atoms with Crippen LogP contribution in [0.4, 0.5) is 5.69 Å². The minimum absolute atomic E-state index is 0.221. The Hall–Kier alpha value is -2.86. The first-order chi connectivity index (χ1) is 12.1. The van der Waals surface area contributed by atoms with Gasteiger partial charge in [-0.15, -0.1) is 0 Å². The summed E-state index contributed by atoms with van der Waals surface area (Å²) in [5, 5.41) is 5.49. The highest BCUT2D eigenvalue weighted by atomic mass is 16.5. The minimum Gasteiger partial charge on any atom is -0.489 e. The van der Waals surface area contributed by atoms with Crippen LogP contribution in [0.3, 0.4) is 0 Å². The molecular formula is C19H21N3O3. The van der Waals surface area contributed by atoms with E-state index >= 15 is 0 Å². The van der Waals surface area contributed by atoms with Crippen molar-refractivity contribution in [2.45, 2.75) is 32.0 Å². The molecule has 0 aromatic heterocycles. The first kappa shape index (κ1) is 17.0. The molecule has 1 heterocycles. The van der Waals surface area contributed by atoms with E-state index < -0.39 is 6.04 Å². The lowest BCUT2D eigenvalue weighted by Gasteiger charge is -2.23. The highest BCUT2D eigenvalue weighted by Gasteiger charge is 2.26. The average molecular weight is 339 g/mol. The van der Waals surface area contributed by atoms with E-state index in [0.717, 1.165) is 16.8 Å². The van der Waals surface area contributed by atoms with Crippen LogP contribution in [0.2, 0.25) is 0 Å². The fourth-order valence-electron chi connectivity index (χ4n) is 2.65. The predicted molar refractivity (Wildman–Crippen MR) is 94.9 cm³/mol. The number of amides is 2. The summed E-state index contributed by atoms with van der Waals surface area (Å²) in [6.07, 6.45) is 0.835. The summed E-state index contributed by atoms with van der Waals surface area (Å²) in [4.78, 5) is 23.0. The molecule has 6 heteroatoms. The summed E-state index contributed by atoms with van der Waals surface area (Å²) in [5.41, 5.74) is 8.51. The van der Waals surface area contributed by atoms with Gasteiger partial charge in [-0.3, -0.25) is 14.9 Å². The zero-order chi connectivity index (χ0) is 17.6. The number of anilines is 1. The summed E-state index contributed by atoms with van der Waals surface area (Å²) in [6, 6.07) is 15.0. The summed E-state index contributed by atoms with van der Waals surface area (Å²) < 4.78 is 5.81. The summed E-state index contributed by atoms with van der Waals surface area (Å²) in [6.45, 7) is 0.974. The van der Waals surface area contributed by atoms with Crippen LogP contribution in [0.5, 0.6) is 5.75 Å². The van der Waals surface area contributed by atoms with E-state index in [0.29, 0.717) is 31.7 Å². The lowest BCUT2D eigenvalue weighted by molar-refractivity contribution is -0.133. The molecule has 0 spiro atoms. The highest BCUT2D eigenvalue weighted by Crippen LogP contribution is 2.21. The number of ether oxygens (including phenoxy) is 1. The van der Waals surface area contributed by atoms with E-state index in [9.17, 15) is 9.59 Å². The molecule has 0 radical (unpaired) electrons. The van der Waals surface area contributed by atoms with Gasteiger partial charge in [-0.2, -0.15) is 0 Å². The fraction of sp³-hybridized carbons (Fsp3) is 0.263. The zero-order valence-electron chi connectivity index (χ0n) is 13.8. The molecule has 0 bridgehead atoms. The maximum atomic E-state index is 11.8. The molecule has 1 fully saturated rings. The van der Waals surface area contributed by atoms with E-state index in [2.05, 4.69) is 10.6 Å². The molecule has 3 rings (SSSR count). The summed E-state index contributed by atoms with van der Waals surface area (Å²) in [7, 11) is 0. The second-order valence-electron chi connectivity index (χ2n) is 5.99. The molecule has 2 amide bonds. The lowest BCUT2D eigenvalue weighted by Crippen LogP contribution is -2.47. The Labute approximate surface area is 146 Å². The molecule has 1 saturated heterocycles. The van der Waals surface area contributed by atoms with E-state index in [1.807, 2.05) is 48.5 Å². The molecule has 130 valence electrons. The molecule has 1 unspecified atom stereocenters. The smallest absolute Gasteiger partial charge is 0.249 e. The van der Waals surface area contributed by atoms with Gasteiger partial charge in [-0.05, 0) is 29.7 Å². The molecular weight excluding hydrogens is 318 g/mol. The number of carbonyl (C=O) groups is 2. The number of hydrogen-bond donors (Lipinski definition) is 3. The molecule has 2 aromatic carbocycles. The van der Waals surface area contributed by atoms with Gasteiger partial charge in [0.15, 0.2) is 0 Å². The third kappa shape index (κ3) is 4.58. The van der Waals surface area contributed by atoms with Crippen LogP contribution in [-0.4, -0.2) is 17.9 Å². The maximum Gasteiger partial charge on any atom is 0.249 e. The number of nitrogens with one attached hydrogen (secondary N) is 2. The van der Waals surface area contributed by atoms with Crippen LogP contribution in [0, 0.1) is 0 Å². The topological polar surface area (TPSA) is 93.4 Å². The molecule has 6 nitrogen and oxygen atoms in total. The van der Waals surface area contributed by atoms with Crippen molar-refractivity contribution < 1.29 is 14.3 Å². The Morgan fingerprint density at radius 2 is 1.88 bits per heavy atom. The molecule has 25 heavy (non-hydrogen) atoms. The number of benzene rings is 2. The van der Waals surface area contributed by atoms with Gasteiger partial charge < -0.3 is 15.8 Å². The second kappa shape index (κ2) is 7.81. The van der Waals surface area contributed by atoms with E-state index in [-0.39, 0.29) is 11.8 Å². The Balaban J connectivity index is 1.59. The highest BCUT2D eigenvalue weighted by molar-refractivity contribution is 6.01. The van der Waals surface area contributed by atoms with Crippen molar-refractivity contribution in [3.05, 3.63) is 59.7 Å². The normalized spacial score (nSPS) is 17.1. The van der Waals surface area contributed by atoms with Gasteiger partial charge in [0.2, 0.25) is 11.8 Å². The third-order valence-electron chi connectivity index (χ3n) is 4.08. The van der Waals surface area contributed by atoms with Crippen molar-refractivity contribution in [3.63, 3.8) is 0 Å². The fourth-order valence-corrected chi connectivity index (χ4v) is 2.65. The summed E-state index contributed by atoms with van der Waals surface area (Å²) in [5.74, 6) is 0.198. The van der Waals surface area contributed by atoms with E-state index in [1.165, 1.54) is 0 Å². The molecule has 1 aliphatic rings. The van der Waals surface area contributed by atoms with Gasteiger partial charge in [-0.1, -0.05) is 30.3 Å². The van der Waals surface area contributed by atoms with Gasteiger partial charge >= 0.3 is 0 Å². The number of rotatable bonds is 6. The SMILES string of the molecule is NCc1ccc(COc2cccc(NC3CCC(=O)NC3=O)c2)cc1. The van der Waals surface area contributed by atoms with Crippen LogP contribution in [0.1, 0.15) is 24.0 Å². The molecule has 0 saturated carbocycles. The van der Waals surface area contributed by atoms with Gasteiger partial charge in [0, 0.05) is 24.7 Å². The number of hydrogen-bond acceptors (Lipinski definition) is 5. The lowest BCUT2D eigenvalue weighted by atomic mass is 10.1. The van der Waals surface area contributed by atoms with Crippen LogP contribution >= 0.6 is 0 Å². The Bertz CT molecular complexity index is 759. The van der Waals surface area contributed by atoms with Crippen molar-refractivity contribution in [1.82, 2.24) is 5.32 Å². The van der Waals surface area contributed by atoms with Crippen molar-refractivity contribution in [3.8, 4) is 5.75 Å². The molecule has 2 aromatic rings. The molecule has 1 aliphatic heterocycles. The van der Waals surface area contributed by atoms with Crippen molar-refractivity contribution in [2.75, 3.05) is 5.32 Å². The Morgan fingerprint density at radius 1 is 1.12 bits per heavy atom. The predicted octanol–water partition coefficient (Wildman–Crippen LogP) is 1.94. The van der Waals surface area contributed by atoms with Gasteiger partial charge in [-0.25, -0.2) is 0 Å². The first-order valence-corrected chi connectivity index (χ1v) is 8.25. The van der Waals surface area contributed by atoms with E-state index in [4.69, 9.17) is 10.5 Å². The maximum absolute atomic E-state index is 11.8. The van der Waals surface area contributed by atoms with Gasteiger partial charge in [0.05, 0.1) is 0 Å². The standard InChI is InChI=1S/C19H21N3O3/c20-11-13-4-6-14(7-5-13)12-25-16-3-1-2-15(10-16)21-17-8-9-18(23)22-19(17)24/h1-7,10,17,21H,8-9,11-12,20H2,(H,22,23,24). The number of piperidine rings is 1. The first-order valence-electron chi connectivity index (χ1n) is 8.25. The minimum atomic E-state index is -0.406. The number of carbonyl (C=O) groups excluding carboxylic acids is 2. The van der Waals surface area contributed by atoms with Crippen molar-refractivity contribution in [2.24, 2.45) is 5.73 Å². The molecule has 0 aliphatic carbocycles. The van der Waals surface area contributed by atoms with Crippen molar-refractivity contribution >= 4 is 17.5 Å². The Kier molecular flexibility index (Phi) is 5.30. The number of imide groups is 1. The van der Waals surface area contributed by atoms with Crippen LogP contribution in [-0.2, 0) is 22.7 Å². The quantitative estimate of drug-likeness (QED) is 0.699. The second-order valence-corrected chi connectivity index (χ2v) is 5.99. The zero-order valence-corrected chi connectivity index (χ0v) is 13.8. The van der Waals surface area contributed by atoms with Crippen LogP contribution < -0.4 is 21.1 Å². The van der Waals surface area contributed by atoms with Crippen LogP contribution in [0.25, 0.3) is 0 Å². The average Bonchev–Trinajstić information content (AvgIpc) is 2.63.